The SMILES string of the molecule is O=S1(=O)C[C@@H]2NCCN(Cc3ccccc3OCc3c(F)cccc3Cl)[C@@H]2C1. The van der Waals surface area contributed by atoms with Gasteiger partial charge in [0, 0.05) is 42.8 Å². The molecular formula is C20H22ClFN2O3S. The maximum atomic E-state index is 14.0. The van der Waals surface area contributed by atoms with E-state index in [0.29, 0.717) is 22.9 Å². The molecule has 4 rings (SSSR count). The number of halogens is 2. The molecule has 0 unspecified atom stereocenters. The molecule has 1 N–H and O–H groups in total. The van der Waals surface area contributed by atoms with Crippen LogP contribution in [-0.4, -0.2) is 50.0 Å². The third kappa shape index (κ3) is 4.17. The van der Waals surface area contributed by atoms with E-state index in [4.69, 9.17) is 16.3 Å². The number of nitrogens with one attached hydrogen (secondary N) is 1. The van der Waals surface area contributed by atoms with Crippen LogP contribution in [0.2, 0.25) is 5.02 Å². The monoisotopic (exact) mass is 424 g/mol. The number of nitrogens with zero attached hydrogens (tertiary/aromatic N) is 1. The highest BCUT2D eigenvalue weighted by atomic mass is 35.5. The van der Waals surface area contributed by atoms with Crippen molar-refractivity contribution in [2.75, 3.05) is 24.6 Å². The van der Waals surface area contributed by atoms with Crippen LogP contribution in [0.4, 0.5) is 4.39 Å². The fourth-order valence-electron chi connectivity index (χ4n) is 3.95. The molecule has 0 amide bonds. The van der Waals surface area contributed by atoms with Crippen molar-refractivity contribution in [3.63, 3.8) is 0 Å². The van der Waals surface area contributed by atoms with E-state index < -0.39 is 15.7 Å². The van der Waals surface area contributed by atoms with Crippen molar-refractivity contribution in [2.24, 2.45) is 0 Å². The summed E-state index contributed by atoms with van der Waals surface area (Å²) >= 11 is 6.09. The van der Waals surface area contributed by atoms with Crippen molar-refractivity contribution in [3.8, 4) is 5.75 Å². The summed E-state index contributed by atoms with van der Waals surface area (Å²) in [6, 6.07) is 12.1. The minimum absolute atomic E-state index is 0.0240. The van der Waals surface area contributed by atoms with Crippen molar-refractivity contribution in [1.29, 1.82) is 0 Å². The Bertz CT molecular complexity index is 949. The number of hydrogen-bond acceptors (Lipinski definition) is 5. The molecule has 0 aliphatic carbocycles. The van der Waals surface area contributed by atoms with E-state index in [0.717, 1.165) is 18.7 Å². The van der Waals surface area contributed by atoms with E-state index >= 15 is 0 Å². The lowest BCUT2D eigenvalue weighted by molar-refractivity contribution is 0.139. The normalized spacial score (nSPS) is 24.1. The maximum absolute atomic E-state index is 14.0. The van der Waals surface area contributed by atoms with E-state index in [-0.39, 0.29) is 30.2 Å². The number of benzene rings is 2. The van der Waals surface area contributed by atoms with Crippen LogP contribution in [-0.2, 0) is 23.0 Å². The van der Waals surface area contributed by atoms with Gasteiger partial charge in [-0.3, -0.25) is 4.90 Å². The third-order valence-electron chi connectivity index (χ3n) is 5.38. The van der Waals surface area contributed by atoms with E-state index in [1.54, 1.807) is 12.1 Å². The zero-order chi connectivity index (χ0) is 19.7. The third-order valence-corrected chi connectivity index (χ3v) is 7.45. The van der Waals surface area contributed by atoms with E-state index in [1.807, 2.05) is 24.3 Å². The van der Waals surface area contributed by atoms with Gasteiger partial charge in [-0.05, 0) is 18.2 Å². The van der Waals surface area contributed by atoms with Gasteiger partial charge < -0.3 is 10.1 Å². The van der Waals surface area contributed by atoms with Crippen LogP contribution >= 0.6 is 11.6 Å². The lowest BCUT2D eigenvalue weighted by atomic mass is 10.1. The van der Waals surface area contributed by atoms with Crippen LogP contribution in [0.3, 0.4) is 0 Å². The first-order valence-electron chi connectivity index (χ1n) is 9.24. The highest BCUT2D eigenvalue weighted by molar-refractivity contribution is 7.91. The Morgan fingerprint density at radius 2 is 2.00 bits per heavy atom. The molecular weight excluding hydrogens is 403 g/mol. The minimum Gasteiger partial charge on any atom is -0.488 e. The van der Waals surface area contributed by atoms with Gasteiger partial charge in [0.25, 0.3) is 0 Å². The largest absolute Gasteiger partial charge is 0.488 e. The molecule has 2 aliphatic heterocycles. The molecule has 2 fully saturated rings. The van der Waals surface area contributed by atoms with Crippen molar-refractivity contribution >= 4 is 21.4 Å². The van der Waals surface area contributed by atoms with Crippen LogP contribution in [0, 0.1) is 5.82 Å². The Kier molecular flexibility index (Phi) is 5.60. The van der Waals surface area contributed by atoms with Crippen LogP contribution in [0.25, 0.3) is 0 Å². The zero-order valence-electron chi connectivity index (χ0n) is 15.3. The summed E-state index contributed by atoms with van der Waals surface area (Å²) in [4.78, 5) is 2.20. The minimum atomic E-state index is -3.01. The van der Waals surface area contributed by atoms with Crippen molar-refractivity contribution in [2.45, 2.75) is 25.2 Å². The second kappa shape index (κ2) is 7.99. The molecule has 2 atom stereocenters. The Hall–Kier alpha value is -1.67. The number of fused-ring (bicyclic) bond motifs is 1. The van der Waals surface area contributed by atoms with Gasteiger partial charge in [-0.2, -0.15) is 0 Å². The lowest BCUT2D eigenvalue weighted by Crippen LogP contribution is -2.56. The summed E-state index contributed by atoms with van der Waals surface area (Å²) in [5, 5.41) is 3.65. The molecule has 0 bridgehead atoms. The van der Waals surface area contributed by atoms with Crippen LogP contribution in [0.15, 0.2) is 42.5 Å². The van der Waals surface area contributed by atoms with Gasteiger partial charge in [0.15, 0.2) is 9.84 Å². The molecule has 28 heavy (non-hydrogen) atoms. The second-order valence-electron chi connectivity index (χ2n) is 7.27. The number of ether oxygens (including phenoxy) is 1. The molecule has 0 radical (unpaired) electrons. The molecule has 0 aromatic heterocycles. The Morgan fingerprint density at radius 1 is 1.18 bits per heavy atom. The Morgan fingerprint density at radius 3 is 2.82 bits per heavy atom. The van der Waals surface area contributed by atoms with Crippen LogP contribution in [0.1, 0.15) is 11.1 Å². The highest BCUT2D eigenvalue weighted by Crippen LogP contribution is 2.28. The molecule has 5 nitrogen and oxygen atoms in total. The smallest absolute Gasteiger partial charge is 0.153 e. The molecule has 0 spiro atoms. The summed E-state index contributed by atoms with van der Waals surface area (Å²) in [7, 11) is -3.01. The van der Waals surface area contributed by atoms with Crippen molar-refractivity contribution in [3.05, 3.63) is 64.4 Å². The van der Waals surface area contributed by atoms with Gasteiger partial charge in [-0.15, -0.1) is 0 Å². The molecule has 2 saturated heterocycles. The van der Waals surface area contributed by atoms with Crippen molar-refractivity contribution < 1.29 is 17.5 Å². The molecule has 150 valence electrons. The predicted molar refractivity (Wildman–Crippen MR) is 107 cm³/mol. The number of hydrogen-bond donors (Lipinski definition) is 1. The van der Waals surface area contributed by atoms with E-state index in [1.165, 1.54) is 6.07 Å². The Labute approximate surface area is 169 Å². The first-order valence-corrected chi connectivity index (χ1v) is 11.4. The van der Waals surface area contributed by atoms with Crippen LogP contribution in [0.5, 0.6) is 5.75 Å². The number of rotatable bonds is 5. The van der Waals surface area contributed by atoms with Gasteiger partial charge in [0.2, 0.25) is 0 Å². The van der Waals surface area contributed by atoms with E-state index in [9.17, 15) is 12.8 Å². The molecule has 2 aliphatic rings. The maximum Gasteiger partial charge on any atom is 0.153 e. The first kappa shape index (κ1) is 19.6. The fraction of sp³-hybridized carbons (Fsp3) is 0.400. The van der Waals surface area contributed by atoms with E-state index in [2.05, 4.69) is 10.2 Å². The number of piperazine rings is 1. The van der Waals surface area contributed by atoms with Gasteiger partial charge >= 0.3 is 0 Å². The topological polar surface area (TPSA) is 58.6 Å². The second-order valence-corrected chi connectivity index (χ2v) is 9.83. The summed E-state index contributed by atoms with van der Waals surface area (Å²) in [6.07, 6.45) is 0. The molecule has 8 heteroatoms. The van der Waals surface area contributed by atoms with Gasteiger partial charge in [-0.1, -0.05) is 35.9 Å². The average Bonchev–Trinajstić information content (AvgIpc) is 2.97. The van der Waals surface area contributed by atoms with Gasteiger partial charge in [-0.25, -0.2) is 12.8 Å². The molecule has 2 aromatic rings. The first-order chi connectivity index (χ1) is 13.4. The number of para-hydroxylation sites is 1. The summed E-state index contributed by atoms with van der Waals surface area (Å²) < 4.78 is 44.0. The molecule has 2 aromatic carbocycles. The standard InChI is InChI=1S/C20H22ClFN2O3S/c21-16-5-3-6-17(22)15(16)11-27-20-7-2-1-4-14(20)10-24-9-8-23-18-12-28(25,26)13-19(18)24/h1-7,18-19,23H,8-13H2/t18-,19+/m0/s1. The highest BCUT2D eigenvalue weighted by Gasteiger charge is 2.42. The van der Waals surface area contributed by atoms with Gasteiger partial charge in [0.05, 0.1) is 16.5 Å². The van der Waals surface area contributed by atoms with Crippen molar-refractivity contribution in [1.82, 2.24) is 10.2 Å². The number of sulfone groups is 1. The Balaban J connectivity index is 1.50. The summed E-state index contributed by atoms with van der Waals surface area (Å²) in [6.45, 7) is 2.14. The van der Waals surface area contributed by atoms with Gasteiger partial charge in [0.1, 0.15) is 18.2 Å². The lowest BCUT2D eigenvalue weighted by Gasteiger charge is -2.37. The predicted octanol–water partition coefficient (Wildman–Crippen LogP) is 2.63. The average molecular weight is 425 g/mol. The zero-order valence-corrected chi connectivity index (χ0v) is 16.8. The molecule has 2 heterocycles. The fourth-order valence-corrected chi connectivity index (χ4v) is 6.16. The summed E-state index contributed by atoms with van der Waals surface area (Å²) in [5.41, 5.74) is 1.27. The summed E-state index contributed by atoms with van der Waals surface area (Å²) in [5.74, 6) is 0.625. The molecule has 0 saturated carbocycles. The quantitative estimate of drug-likeness (QED) is 0.799. The van der Waals surface area contributed by atoms with Crippen LogP contribution < -0.4 is 10.1 Å².